The molecule has 18 heavy (non-hydrogen) atoms. The third-order valence-corrected chi connectivity index (χ3v) is 5.08. The number of nitrogens with zero attached hydrogens (tertiary/aromatic N) is 1. The zero-order valence-electron chi connectivity index (χ0n) is 9.83. The molecular weight excluding hydrogens is 274 g/mol. The van der Waals surface area contributed by atoms with E-state index in [0.717, 1.165) is 6.26 Å². The molecule has 0 radical (unpaired) electrons. The molecule has 1 aromatic rings. The molecule has 0 saturated carbocycles. The molecule has 0 spiro atoms. The molecular formula is C11H20NO4S2+. The molecule has 0 atom stereocenters. The smallest absolute Gasteiger partial charge is 0.178 e. The Kier molecular flexibility index (Phi) is 5.95. The molecule has 104 valence electrons. The standard InChI is InChI=1S/C10H16NO4S2.CH4/c1-11-6-4-10(5-7-11)17(14,15)9-3-8-16(2,12)13;/h4-7H,3,8-9H2,1-2H3;1H4/q+1;. The van der Waals surface area contributed by atoms with Gasteiger partial charge in [0, 0.05) is 18.4 Å². The van der Waals surface area contributed by atoms with Gasteiger partial charge < -0.3 is 0 Å². The van der Waals surface area contributed by atoms with Gasteiger partial charge in [0.2, 0.25) is 0 Å². The van der Waals surface area contributed by atoms with Crippen molar-refractivity contribution in [3.63, 3.8) is 0 Å². The van der Waals surface area contributed by atoms with Crippen LogP contribution in [0.5, 0.6) is 0 Å². The summed E-state index contributed by atoms with van der Waals surface area (Å²) in [5, 5.41) is 0. The molecule has 0 aliphatic heterocycles. The fourth-order valence-corrected chi connectivity index (χ4v) is 3.47. The molecule has 0 unspecified atom stereocenters. The SMILES string of the molecule is C.C[n+]1ccc(S(=O)(=O)CCCS(C)(=O)=O)cc1. The van der Waals surface area contributed by atoms with Gasteiger partial charge in [0.1, 0.15) is 16.9 Å². The summed E-state index contributed by atoms with van der Waals surface area (Å²) >= 11 is 0. The van der Waals surface area contributed by atoms with E-state index in [4.69, 9.17) is 0 Å². The molecule has 0 fully saturated rings. The summed E-state index contributed by atoms with van der Waals surface area (Å²) in [4.78, 5) is 0.226. The van der Waals surface area contributed by atoms with Gasteiger partial charge in [-0.15, -0.1) is 0 Å². The Morgan fingerprint density at radius 3 is 2.00 bits per heavy atom. The highest BCUT2D eigenvalue weighted by Crippen LogP contribution is 2.10. The number of rotatable bonds is 5. The average molecular weight is 294 g/mol. The van der Waals surface area contributed by atoms with E-state index in [-0.39, 0.29) is 30.2 Å². The number of sulfone groups is 2. The first-order chi connectivity index (χ1) is 7.71. The second kappa shape index (κ2) is 6.29. The van der Waals surface area contributed by atoms with Gasteiger partial charge in [-0.05, 0) is 6.42 Å². The van der Waals surface area contributed by atoms with Crippen molar-refractivity contribution in [3.05, 3.63) is 24.5 Å². The normalized spacial score (nSPS) is 11.9. The third-order valence-electron chi connectivity index (χ3n) is 2.24. The third kappa shape index (κ3) is 5.59. The van der Waals surface area contributed by atoms with E-state index in [0.29, 0.717) is 0 Å². The monoisotopic (exact) mass is 294 g/mol. The largest absolute Gasteiger partial charge is 0.229 e. The summed E-state index contributed by atoms with van der Waals surface area (Å²) in [5.74, 6) is -0.249. The van der Waals surface area contributed by atoms with Crippen LogP contribution in [0.15, 0.2) is 29.4 Å². The number of aryl methyl sites for hydroxylation is 1. The van der Waals surface area contributed by atoms with Crippen LogP contribution >= 0.6 is 0 Å². The number of aromatic nitrogens is 1. The van der Waals surface area contributed by atoms with Gasteiger partial charge in [-0.1, -0.05) is 7.43 Å². The van der Waals surface area contributed by atoms with Crippen molar-refractivity contribution in [2.75, 3.05) is 17.8 Å². The molecule has 1 aromatic heterocycles. The van der Waals surface area contributed by atoms with E-state index < -0.39 is 19.7 Å². The fraction of sp³-hybridized carbons (Fsp3) is 0.545. The van der Waals surface area contributed by atoms with Crippen LogP contribution in [0.1, 0.15) is 13.8 Å². The predicted octanol–water partition coefficient (Wildman–Crippen LogP) is 0.356. The quantitative estimate of drug-likeness (QED) is 0.735. The van der Waals surface area contributed by atoms with Crippen LogP contribution in [0, 0.1) is 0 Å². The molecule has 0 bridgehead atoms. The Balaban J connectivity index is 0.00000289. The molecule has 0 amide bonds. The van der Waals surface area contributed by atoms with E-state index in [2.05, 4.69) is 0 Å². The van der Waals surface area contributed by atoms with Crippen molar-refractivity contribution in [3.8, 4) is 0 Å². The molecule has 0 aliphatic rings. The number of hydrogen-bond donors (Lipinski definition) is 0. The van der Waals surface area contributed by atoms with Gasteiger partial charge in [0.15, 0.2) is 22.2 Å². The van der Waals surface area contributed by atoms with Gasteiger partial charge in [0.25, 0.3) is 0 Å². The Labute approximate surface area is 109 Å². The maximum absolute atomic E-state index is 11.8. The Morgan fingerprint density at radius 2 is 1.56 bits per heavy atom. The van der Waals surface area contributed by atoms with E-state index >= 15 is 0 Å². The van der Waals surface area contributed by atoms with Crippen LogP contribution in [-0.2, 0) is 26.7 Å². The minimum atomic E-state index is -3.38. The van der Waals surface area contributed by atoms with Crippen LogP contribution in [0.3, 0.4) is 0 Å². The predicted molar refractivity (Wildman–Crippen MR) is 70.7 cm³/mol. The van der Waals surface area contributed by atoms with E-state index in [9.17, 15) is 16.8 Å². The number of hydrogen-bond acceptors (Lipinski definition) is 4. The molecule has 1 rings (SSSR count). The van der Waals surface area contributed by atoms with Gasteiger partial charge in [-0.2, -0.15) is 0 Å². The molecule has 0 aromatic carbocycles. The van der Waals surface area contributed by atoms with Crippen molar-refractivity contribution >= 4 is 19.7 Å². The van der Waals surface area contributed by atoms with Gasteiger partial charge in [-0.25, -0.2) is 21.4 Å². The summed E-state index contributed by atoms with van der Waals surface area (Å²) in [5.41, 5.74) is 0. The maximum Gasteiger partial charge on any atom is 0.178 e. The summed E-state index contributed by atoms with van der Waals surface area (Å²) in [6.07, 6.45) is 4.51. The molecule has 5 nitrogen and oxygen atoms in total. The van der Waals surface area contributed by atoms with Crippen LogP contribution in [-0.4, -0.2) is 34.6 Å². The molecule has 0 saturated heterocycles. The second-order valence-electron chi connectivity index (χ2n) is 4.00. The number of pyridine rings is 1. The van der Waals surface area contributed by atoms with Crippen molar-refractivity contribution in [2.45, 2.75) is 18.7 Å². The average Bonchev–Trinajstić information content (AvgIpc) is 2.15. The highest BCUT2D eigenvalue weighted by molar-refractivity contribution is 7.92. The summed E-state index contributed by atoms with van der Waals surface area (Å²) in [6.45, 7) is 0. The molecule has 0 N–H and O–H groups in total. The first-order valence-electron chi connectivity index (χ1n) is 5.06. The lowest BCUT2D eigenvalue weighted by molar-refractivity contribution is -0.671. The molecule has 1 heterocycles. The van der Waals surface area contributed by atoms with E-state index in [1.165, 1.54) is 12.1 Å². The molecule has 0 aliphatic carbocycles. The molecule has 7 heteroatoms. The Bertz CT molecular complexity index is 574. The summed E-state index contributed by atoms with van der Waals surface area (Å²) < 4.78 is 47.2. The van der Waals surface area contributed by atoms with Crippen molar-refractivity contribution in [2.24, 2.45) is 7.05 Å². The Morgan fingerprint density at radius 1 is 1.06 bits per heavy atom. The fourth-order valence-electron chi connectivity index (χ4n) is 1.32. The maximum atomic E-state index is 11.8. The van der Waals surface area contributed by atoms with Gasteiger partial charge in [0.05, 0.1) is 16.4 Å². The van der Waals surface area contributed by atoms with Crippen molar-refractivity contribution in [1.82, 2.24) is 0 Å². The van der Waals surface area contributed by atoms with Crippen LogP contribution in [0.25, 0.3) is 0 Å². The van der Waals surface area contributed by atoms with Crippen molar-refractivity contribution < 1.29 is 21.4 Å². The van der Waals surface area contributed by atoms with Crippen LogP contribution in [0.2, 0.25) is 0 Å². The lowest BCUT2D eigenvalue weighted by Crippen LogP contribution is -2.26. The second-order valence-corrected chi connectivity index (χ2v) is 8.37. The van der Waals surface area contributed by atoms with E-state index in [1.54, 1.807) is 24.0 Å². The van der Waals surface area contributed by atoms with Gasteiger partial charge >= 0.3 is 0 Å². The zero-order valence-corrected chi connectivity index (χ0v) is 11.5. The minimum absolute atomic E-state index is 0. The topological polar surface area (TPSA) is 72.2 Å². The first-order valence-corrected chi connectivity index (χ1v) is 8.78. The van der Waals surface area contributed by atoms with Crippen molar-refractivity contribution in [1.29, 1.82) is 0 Å². The lowest BCUT2D eigenvalue weighted by Gasteiger charge is -2.02. The minimum Gasteiger partial charge on any atom is -0.229 e. The highest BCUT2D eigenvalue weighted by Gasteiger charge is 2.16. The summed E-state index contributed by atoms with van der Waals surface area (Å²) in [6, 6.07) is 3.02. The van der Waals surface area contributed by atoms with Crippen LogP contribution < -0.4 is 4.57 Å². The van der Waals surface area contributed by atoms with E-state index in [1.807, 2.05) is 0 Å². The lowest BCUT2D eigenvalue weighted by atomic mass is 10.5. The Hall–Kier alpha value is -0.950. The summed E-state index contributed by atoms with van der Waals surface area (Å²) in [7, 11) is -4.69. The highest BCUT2D eigenvalue weighted by atomic mass is 32.2. The zero-order chi connectivity index (χ0) is 13.1. The van der Waals surface area contributed by atoms with Crippen LogP contribution in [0.4, 0.5) is 0 Å². The van der Waals surface area contributed by atoms with Gasteiger partial charge in [-0.3, -0.25) is 0 Å². The first kappa shape index (κ1) is 17.1.